The first-order valence-corrected chi connectivity index (χ1v) is 3.32. The number of carboxylic acid groups (broad SMARTS) is 2. The van der Waals surface area contributed by atoms with Crippen molar-refractivity contribution in [1.29, 1.82) is 0 Å². The number of carbonyl (C=O) groups excluding carboxylic acids is 1. The largest absolute Gasteiger partial charge is 1.00 e. The van der Waals surface area contributed by atoms with Crippen LogP contribution in [0.5, 0.6) is 0 Å². The maximum absolute atomic E-state index is 10.4. The number of hydrogen-bond acceptors (Lipinski definition) is 3. The van der Waals surface area contributed by atoms with Gasteiger partial charge in [0.2, 0.25) is 0 Å². The van der Waals surface area contributed by atoms with Gasteiger partial charge in [-0.05, 0) is 5.41 Å². The molecule has 12 heavy (non-hydrogen) atoms. The Balaban J connectivity index is 0.00000121. The van der Waals surface area contributed by atoms with Crippen LogP contribution in [0.15, 0.2) is 0 Å². The monoisotopic (exact) mass is 196 g/mol. The maximum Gasteiger partial charge on any atom is 1.00 e. The molecule has 62 valence electrons. The molecule has 0 aromatic heterocycles. The van der Waals surface area contributed by atoms with Crippen LogP contribution in [0.25, 0.3) is 0 Å². The van der Waals surface area contributed by atoms with E-state index >= 15 is 0 Å². The van der Waals surface area contributed by atoms with Gasteiger partial charge in [0, 0.05) is 11.9 Å². The minimum absolute atomic E-state index is 0. The maximum atomic E-state index is 10.4. The summed E-state index contributed by atoms with van der Waals surface area (Å²) in [4.78, 5) is 20.7. The van der Waals surface area contributed by atoms with Crippen LogP contribution in [0, 0.1) is 17.3 Å². The van der Waals surface area contributed by atoms with E-state index in [1.807, 2.05) is 0 Å². The number of hydrogen-bond donors (Lipinski definition) is 1. The summed E-state index contributed by atoms with van der Waals surface area (Å²) in [6.45, 7) is 3.23. The van der Waals surface area contributed by atoms with E-state index in [2.05, 4.69) is 0 Å². The van der Waals surface area contributed by atoms with E-state index in [4.69, 9.17) is 5.11 Å². The van der Waals surface area contributed by atoms with Gasteiger partial charge in [-0.15, -0.1) is 0 Å². The van der Waals surface area contributed by atoms with E-state index in [0.717, 1.165) is 0 Å². The number of rotatable bonds is 2. The summed E-state index contributed by atoms with van der Waals surface area (Å²) in [6, 6.07) is 0. The van der Waals surface area contributed by atoms with Gasteiger partial charge in [-0.25, -0.2) is 0 Å². The molecule has 0 amide bonds. The molecule has 1 aliphatic carbocycles. The van der Waals surface area contributed by atoms with Crippen LogP contribution in [0.4, 0.5) is 0 Å². The summed E-state index contributed by atoms with van der Waals surface area (Å²) in [5.41, 5.74) is -0.634. The molecule has 0 radical (unpaired) electrons. The van der Waals surface area contributed by atoms with Crippen LogP contribution in [0.3, 0.4) is 0 Å². The van der Waals surface area contributed by atoms with Gasteiger partial charge in [0.25, 0.3) is 0 Å². The summed E-state index contributed by atoms with van der Waals surface area (Å²) in [6.07, 6.45) is 0. The van der Waals surface area contributed by atoms with Crippen molar-refractivity contribution in [2.45, 2.75) is 13.8 Å². The summed E-state index contributed by atoms with van der Waals surface area (Å²) in [5.74, 6) is -3.90. The first kappa shape index (κ1) is 12.6. The number of carboxylic acids is 2. The second-order valence-corrected chi connectivity index (χ2v) is 3.43. The Hall–Kier alpha value is 0.576. The molecule has 2 atom stereocenters. The number of aliphatic carboxylic acids is 2. The van der Waals surface area contributed by atoms with E-state index in [1.54, 1.807) is 13.8 Å². The van der Waals surface area contributed by atoms with Crippen molar-refractivity contribution in [2.24, 2.45) is 17.3 Å². The average Bonchev–Trinajstić information content (AvgIpc) is 2.33. The van der Waals surface area contributed by atoms with Crippen molar-refractivity contribution in [3.8, 4) is 0 Å². The normalized spacial score (nSPS) is 30.2. The Morgan fingerprint density at radius 1 is 1.33 bits per heavy atom. The van der Waals surface area contributed by atoms with Gasteiger partial charge in [-0.2, -0.15) is 0 Å². The molecule has 5 heteroatoms. The Morgan fingerprint density at radius 3 is 1.83 bits per heavy atom. The SMILES string of the molecule is CC1(C)C(C(=O)[O-])C1C(=O)O.[K+]. The topological polar surface area (TPSA) is 77.4 Å². The van der Waals surface area contributed by atoms with E-state index in [9.17, 15) is 14.7 Å². The average molecular weight is 196 g/mol. The quantitative estimate of drug-likeness (QED) is 0.458. The Bertz CT molecular complexity index is 201. The number of carbonyl (C=O) groups is 2. The summed E-state index contributed by atoms with van der Waals surface area (Å²) >= 11 is 0. The molecule has 4 nitrogen and oxygen atoms in total. The minimum atomic E-state index is -1.26. The van der Waals surface area contributed by atoms with Gasteiger partial charge < -0.3 is 15.0 Å². The Morgan fingerprint density at radius 2 is 1.75 bits per heavy atom. The molecule has 0 aromatic rings. The van der Waals surface area contributed by atoms with E-state index < -0.39 is 29.2 Å². The zero-order chi connectivity index (χ0) is 8.81. The van der Waals surface area contributed by atoms with Crippen LogP contribution < -0.4 is 56.5 Å². The van der Waals surface area contributed by atoms with Crippen LogP contribution in [0.2, 0.25) is 0 Å². The second kappa shape index (κ2) is 3.75. The molecule has 1 rings (SSSR count). The summed E-state index contributed by atoms with van der Waals surface area (Å²) in [5, 5.41) is 18.8. The van der Waals surface area contributed by atoms with Crippen LogP contribution in [-0.4, -0.2) is 17.0 Å². The molecule has 1 saturated carbocycles. The van der Waals surface area contributed by atoms with E-state index in [0.29, 0.717) is 0 Å². The summed E-state index contributed by atoms with van der Waals surface area (Å²) in [7, 11) is 0. The molecule has 0 bridgehead atoms. The van der Waals surface area contributed by atoms with Crippen LogP contribution in [-0.2, 0) is 9.59 Å². The van der Waals surface area contributed by atoms with E-state index in [1.165, 1.54) is 0 Å². The molecule has 2 unspecified atom stereocenters. The van der Waals surface area contributed by atoms with Crippen LogP contribution >= 0.6 is 0 Å². The smallest absolute Gasteiger partial charge is 0.550 e. The van der Waals surface area contributed by atoms with Crippen molar-refractivity contribution >= 4 is 11.9 Å². The molecule has 0 aromatic carbocycles. The van der Waals surface area contributed by atoms with Gasteiger partial charge in [0.05, 0.1) is 5.92 Å². The molecule has 1 N–H and O–H groups in total. The third kappa shape index (κ3) is 1.90. The molecule has 1 fully saturated rings. The molecule has 1 aliphatic rings. The van der Waals surface area contributed by atoms with Crippen molar-refractivity contribution in [1.82, 2.24) is 0 Å². The Kier molecular flexibility index (Phi) is 3.93. The minimum Gasteiger partial charge on any atom is -0.550 e. The molecule has 0 heterocycles. The fourth-order valence-electron chi connectivity index (χ4n) is 1.54. The fourth-order valence-corrected chi connectivity index (χ4v) is 1.54. The van der Waals surface area contributed by atoms with E-state index in [-0.39, 0.29) is 51.4 Å². The van der Waals surface area contributed by atoms with Crippen molar-refractivity contribution in [2.75, 3.05) is 0 Å². The first-order valence-electron chi connectivity index (χ1n) is 3.32. The van der Waals surface area contributed by atoms with Crippen LogP contribution in [0.1, 0.15) is 13.8 Å². The fraction of sp³-hybridized carbons (Fsp3) is 0.714. The molecule has 0 saturated heterocycles. The zero-order valence-electron chi connectivity index (χ0n) is 7.33. The van der Waals surface area contributed by atoms with Crippen molar-refractivity contribution in [3.05, 3.63) is 0 Å². The third-order valence-electron chi connectivity index (χ3n) is 2.35. The first-order chi connectivity index (χ1) is 4.89. The standard InChI is InChI=1S/C7H10O4.K/c1-7(2)3(5(8)9)4(7)6(10)11;/h3-4H,1-2H3,(H,8,9)(H,10,11);/q;+1/p-1. The molecule has 0 aliphatic heterocycles. The van der Waals surface area contributed by atoms with Gasteiger partial charge >= 0.3 is 57.4 Å². The third-order valence-corrected chi connectivity index (χ3v) is 2.35. The van der Waals surface area contributed by atoms with Crippen molar-refractivity contribution < 1.29 is 71.2 Å². The zero-order valence-corrected chi connectivity index (χ0v) is 10.4. The van der Waals surface area contributed by atoms with Gasteiger partial charge in [-0.3, -0.25) is 4.79 Å². The predicted octanol–water partition coefficient (Wildman–Crippen LogP) is -3.90. The molecular weight excluding hydrogens is 187 g/mol. The van der Waals surface area contributed by atoms with Gasteiger partial charge in [-0.1, -0.05) is 13.8 Å². The molecular formula is C7H9KO4. The molecule has 0 spiro atoms. The van der Waals surface area contributed by atoms with Gasteiger partial charge in [0.15, 0.2) is 0 Å². The second-order valence-electron chi connectivity index (χ2n) is 3.43. The Labute approximate surface area is 113 Å². The van der Waals surface area contributed by atoms with Gasteiger partial charge in [0.1, 0.15) is 0 Å². The predicted molar refractivity (Wildman–Crippen MR) is 33.4 cm³/mol. The van der Waals surface area contributed by atoms with Crippen molar-refractivity contribution in [3.63, 3.8) is 0 Å². The summed E-state index contributed by atoms with van der Waals surface area (Å²) < 4.78 is 0.